The summed E-state index contributed by atoms with van der Waals surface area (Å²) in [4.78, 5) is 24.0. The molecule has 1 unspecified atom stereocenters. The minimum absolute atomic E-state index is 0.102. The van der Waals surface area contributed by atoms with E-state index in [1.807, 2.05) is 74.5 Å². The van der Waals surface area contributed by atoms with E-state index in [9.17, 15) is 10.1 Å². The maximum atomic E-state index is 12.6. The molecule has 0 aromatic carbocycles. The van der Waals surface area contributed by atoms with E-state index >= 15 is 0 Å². The minimum atomic E-state index is -0.984. The maximum absolute atomic E-state index is 12.6. The molecule has 0 N–H and O–H groups in total. The predicted molar refractivity (Wildman–Crippen MR) is 90.4 cm³/mol. The second-order valence-corrected chi connectivity index (χ2v) is 9.13. The molecule has 1 rings (SSSR count). The molecule has 0 saturated carbocycles. The van der Waals surface area contributed by atoms with Crippen LogP contribution in [0.15, 0.2) is 23.3 Å². The lowest BCUT2D eigenvalue weighted by molar-refractivity contribution is -0.398. The van der Waals surface area contributed by atoms with Gasteiger partial charge in [-0.15, -0.1) is 0 Å². The average molecular weight is 319 g/mol. The van der Waals surface area contributed by atoms with E-state index in [-0.39, 0.29) is 11.4 Å². The second-order valence-electron chi connectivity index (χ2n) is 9.13. The van der Waals surface area contributed by atoms with Gasteiger partial charge in [0.1, 0.15) is 11.7 Å². The lowest BCUT2D eigenvalue weighted by atomic mass is 9.68. The third kappa shape index (κ3) is 4.31. The number of Topliss-reactive ketones (excluding diaryl/α,β-unsaturated/α-hetero) is 1. The van der Waals surface area contributed by atoms with Crippen molar-refractivity contribution in [1.29, 1.82) is 5.26 Å². The van der Waals surface area contributed by atoms with Crippen LogP contribution in [0, 0.1) is 22.2 Å². The molecule has 128 valence electrons. The van der Waals surface area contributed by atoms with Crippen molar-refractivity contribution >= 4 is 5.78 Å². The molecule has 4 heteroatoms. The summed E-state index contributed by atoms with van der Waals surface area (Å²) in [6, 6.07) is 2.01. The molecule has 1 atom stereocenters. The van der Waals surface area contributed by atoms with Crippen molar-refractivity contribution in [3.8, 4) is 6.07 Å². The van der Waals surface area contributed by atoms with Crippen LogP contribution in [0.1, 0.15) is 62.3 Å². The fraction of sp³-hybridized carbons (Fsp3) is 0.684. The molecule has 0 bridgehead atoms. The first-order chi connectivity index (χ1) is 10.1. The van der Waals surface area contributed by atoms with Crippen LogP contribution in [0.3, 0.4) is 0 Å². The van der Waals surface area contributed by atoms with E-state index < -0.39 is 22.0 Å². The van der Waals surface area contributed by atoms with E-state index in [0.717, 1.165) is 0 Å². The summed E-state index contributed by atoms with van der Waals surface area (Å²) in [6.45, 7) is 17.5. The molecule has 0 saturated heterocycles. The number of carbonyl (C=O) groups excluding carboxylic acids is 1. The van der Waals surface area contributed by atoms with Gasteiger partial charge in [-0.3, -0.25) is 4.79 Å². The molecule has 0 spiro atoms. The largest absolute Gasteiger partial charge is 0.288 e. The Morgan fingerprint density at radius 2 is 1.52 bits per heavy atom. The average Bonchev–Trinajstić information content (AvgIpc) is 2.34. The van der Waals surface area contributed by atoms with Crippen LogP contribution in [0.5, 0.6) is 0 Å². The SMILES string of the molecule is CC(C)(C)OOC1(C(C)(C)C)C=C(C#N)C(=O)C(C(C)(C)C)=C1. The molecule has 1 aliphatic rings. The van der Waals surface area contributed by atoms with Crippen LogP contribution in [0.4, 0.5) is 0 Å². The first-order valence-corrected chi connectivity index (χ1v) is 7.91. The molecule has 0 fully saturated rings. The van der Waals surface area contributed by atoms with Gasteiger partial charge in [0, 0.05) is 11.0 Å². The zero-order valence-electron chi connectivity index (χ0n) is 15.8. The molecule has 0 aromatic heterocycles. The summed E-state index contributed by atoms with van der Waals surface area (Å²) in [5, 5.41) is 9.41. The lowest BCUT2D eigenvalue weighted by Gasteiger charge is -2.43. The van der Waals surface area contributed by atoms with Crippen LogP contribution in [0.25, 0.3) is 0 Å². The van der Waals surface area contributed by atoms with Crippen molar-refractivity contribution in [1.82, 2.24) is 0 Å². The summed E-state index contributed by atoms with van der Waals surface area (Å²) in [6.07, 6.45) is 3.41. The molecule has 0 aliphatic heterocycles. The van der Waals surface area contributed by atoms with E-state index in [1.54, 1.807) is 6.08 Å². The zero-order valence-corrected chi connectivity index (χ0v) is 15.8. The predicted octanol–water partition coefficient (Wildman–Crippen LogP) is 4.52. The van der Waals surface area contributed by atoms with Crippen molar-refractivity contribution in [2.45, 2.75) is 73.5 Å². The monoisotopic (exact) mass is 319 g/mol. The van der Waals surface area contributed by atoms with Gasteiger partial charge in [0.2, 0.25) is 0 Å². The lowest BCUT2D eigenvalue weighted by Crippen LogP contribution is -2.47. The van der Waals surface area contributed by atoms with Crippen LogP contribution < -0.4 is 0 Å². The number of ketones is 1. The normalized spacial score (nSPS) is 23.2. The highest BCUT2D eigenvalue weighted by Gasteiger charge is 2.47. The Balaban J connectivity index is 3.54. The van der Waals surface area contributed by atoms with Crippen molar-refractivity contribution in [2.75, 3.05) is 0 Å². The van der Waals surface area contributed by atoms with Gasteiger partial charge in [-0.1, -0.05) is 41.5 Å². The van der Waals surface area contributed by atoms with Gasteiger partial charge >= 0.3 is 0 Å². The molecule has 1 aliphatic carbocycles. The minimum Gasteiger partial charge on any atom is -0.288 e. The first-order valence-electron chi connectivity index (χ1n) is 7.91. The van der Waals surface area contributed by atoms with Crippen molar-refractivity contribution in [2.24, 2.45) is 10.8 Å². The molecule has 0 amide bonds. The summed E-state index contributed by atoms with van der Waals surface area (Å²) >= 11 is 0. The number of hydrogen-bond donors (Lipinski definition) is 0. The molecular weight excluding hydrogens is 290 g/mol. The number of hydrogen-bond acceptors (Lipinski definition) is 4. The van der Waals surface area contributed by atoms with Crippen LogP contribution >= 0.6 is 0 Å². The van der Waals surface area contributed by atoms with Gasteiger partial charge in [0.05, 0.1) is 11.2 Å². The van der Waals surface area contributed by atoms with Gasteiger partial charge in [0.15, 0.2) is 5.78 Å². The van der Waals surface area contributed by atoms with Gasteiger partial charge < -0.3 is 0 Å². The summed E-state index contributed by atoms with van der Waals surface area (Å²) in [5.74, 6) is -0.237. The summed E-state index contributed by atoms with van der Waals surface area (Å²) in [5.41, 5.74) is -1.61. The molecule has 23 heavy (non-hydrogen) atoms. The Hall–Kier alpha value is -1.44. The molecule has 0 aromatic rings. The highest BCUT2D eigenvalue weighted by Crippen LogP contribution is 2.44. The van der Waals surface area contributed by atoms with Gasteiger partial charge in [-0.25, -0.2) is 9.78 Å². The van der Waals surface area contributed by atoms with E-state index in [1.165, 1.54) is 0 Å². The van der Waals surface area contributed by atoms with Gasteiger partial charge in [-0.2, -0.15) is 5.26 Å². The molecule has 0 heterocycles. The number of rotatable bonds is 2. The van der Waals surface area contributed by atoms with Crippen molar-refractivity contribution < 1.29 is 14.6 Å². The van der Waals surface area contributed by atoms with E-state index in [0.29, 0.717) is 5.57 Å². The van der Waals surface area contributed by atoms with Crippen LogP contribution in [-0.4, -0.2) is 17.0 Å². The third-order valence-corrected chi connectivity index (χ3v) is 3.74. The van der Waals surface area contributed by atoms with Gasteiger partial charge in [-0.05, 0) is 38.3 Å². The highest BCUT2D eigenvalue weighted by atomic mass is 17.2. The topological polar surface area (TPSA) is 59.3 Å². The van der Waals surface area contributed by atoms with Crippen molar-refractivity contribution in [3.63, 3.8) is 0 Å². The second kappa shape index (κ2) is 5.89. The Kier molecular flexibility index (Phi) is 5.02. The number of carbonyl (C=O) groups is 1. The quantitative estimate of drug-likeness (QED) is 0.554. The highest BCUT2D eigenvalue weighted by molar-refractivity contribution is 6.12. The Morgan fingerprint density at radius 3 is 1.87 bits per heavy atom. The van der Waals surface area contributed by atoms with Crippen LogP contribution in [-0.2, 0) is 14.6 Å². The zero-order chi connectivity index (χ0) is 18.3. The molecule has 4 nitrogen and oxygen atoms in total. The summed E-state index contributed by atoms with van der Waals surface area (Å²) in [7, 11) is 0. The Bertz CT molecular complexity index is 586. The smallest absolute Gasteiger partial charge is 0.199 e. The maximum Gasteiger partial charge on any atom is 0.199 e. The van der Waals surface area contributed by atoms with Gasteiger partial charge in [0.25, 0.3) is 0 Å². The Morgan fingerprint density at radius 1 is 1.00 bits per heavy atom. The fourth-order valence-corrected chi connectivity index (χ4v) is 2.19. The fourth-order valence-electron chi connectivity index (χ4n) is 2.19. The number of nitriles is 1. The van der Waals surface area contributed by atoms with Crippen molar-refractivity contribution in [3.05, 3.63) is 23.3 Å². The standard InChI is InChI=1S/C19H29NO3/c1-16(2,3)14-11-19(17(4,5)6,23-22-18(7,8)9)10-13(12-20)15(14)21/h10-11H,1-9H3. The van der Waals surface area contributed by atoms with E-state index in [2.05, 4.69) is 0 Å². The first kappa shape index (κ1) is 19.6. The van der Waals surface area contributed by atoms with E-state index in [4.69, 9.17) is 9.78 Å². The summed E-state index contributed by atoms with van der Waals surface area (Å²) < 4.78 is 0. The molecular formula is C19H29NO3. The molecule has 0 radical (unpaired) electrons. The number of allylic oxidation sites excluding steroid dienone is 2. The number of nitrogens with zero attached hydrogens (tertiary/aromatic N) is 1. The Labute approximate surface area is 140 Å². The van der Waals surface area contributed by atoms with Crippen LogP contribution in [0.2, 0.25) is 0 Å². The third-order valence-electron chi connectivity index (χ3n) is 3.74.